The van der Waals surface area contributed by atoms with E-state index in [2.05, 4.69) is 37.9 Å². The summed E-state index contributed by atoms with van der Waals surface area (Å²) >= 11 is 1.47. The van der Waals surface area contributed by atoms with Gasteiger partial charge in [-0.2, -0.15) is 0 Å². The molecule has 0 atom stereocenters. The molecule has 2 N–H and O–H groups in total. The summed E-state index contributed by atoms with van der Waals surface area (Å²) in [5.41, 5.74) is 10.2. The average molecular weight is 276 g/mol. The Morgan fingerprint density at radius 1 is 1.37 bits per heavy atom. The molecule has 0 spiro atoms. The summed E-state index contributed by atoms with van der Waals surface area (Å²) in [5, 5.41) is 2.61. The number of benzene rings is 1. The molecular weight excluding hydrogens is 256 g/mol. The normalized spacial score (nSPS) is 11.0. The van der Waals surface area contributed by atoms with Gasteiger partial charge in [0.15, 0.2) is 5.13 Å². The average Bonchev–Trinajstić information content (AvgIpc) is 2.76. The third-order valence-electron chi connectivity index (χ3n) is 3.08. The zero-order valence-corrected chi connectivity index (χ0v) is 12.7. The number of nitrogens with zero attached hydrogens (tertiary/aromatic N) is 1. The Kier molecular flexibility index (Phi) is 4.10. The lowest BCUT2D eigenvalue weighted by atomic mass is 9.95. The molecule has 1 heterocycles. The Bertz CT molecular complexity index is 576. The minimum absolute atomic E-state index is 0.414. The van der Waals surface area contributed by atoms with Crippen molar-refractivity contribution < 1.29 is 4.74 Å². The topological polar surface area (TPSA) is 48.1 Å². The lowest BCUT2D eigenvalue weighted by Gasteiger charge is -2.16. The SMILES string of the molecule is CCOc1cc(C)c(-c2csc(N)n2)cc1C(C)C. The van der Waals surface area contributed by atoms with Crippen LogP contribution in [0.2, 0.25) is 0 Å². The van der Waals surface area contributed by atoms with Crippen LogP contribution in [0.4, 0.5) is 5.13 Å². The molecule has 1 aromatic heterocycles. The van der Waals surface area contributed by atoms with Gasteiger partial charge in [-0.15, -0.1) is 11.3 Å². The first-order valence-electron chi connectivity index (χ1n) is 6.51. The maximum Gasteiger partial charge on any atom is 0.180 e. The van der Waals surface area contributed by atoms with Crippen LogP contribution in [0.15, 0.2) is 17.5 Å². The minimum atomic E-state index is 0.414. The van der Waals surface area contributed by atoms with Gasteiger partial charge in [-0.05, 0) is 43.0 Å². The number of thiazole rings is 1. The smallest absolute Gasteiger partial charge is 0.180 e. The molecule has 0 aliphatic rings. The molecule has 102 valence electrons. The molecule has 0 unspecified atom stereocenters. The van der Waals surface area contributed by atoms with E-state index in [4.69, 9.17) is 10.5 Å². The summed E-state index contributed by atoms with van der Waals surface area (Å²) < 4.78 is 5.73. The second-order valence-electron chi connectivity index (χ2n) is 4.86. The second-order valence-corrected chi connectivity index (χ2v) is 5.75. The van der Waals surface area contributed by atoms with Crippen molar-refractivity contribution in [1.82, 2.24) is 4.98 Å². The molecule has 0 aliphatic carbocycles. The molecule has 0 aliphatic heterocycles. The number of rotatable bonds is 4. The van der Waals surface area contributed by atoms with Gasteiger partial charge in [-0.25, -0.2) is 4.98 Å². The number of aromatic nitrogens is 1. The highest BCUT2D eigenvalue weighted by atomic mass is 32.1. The quantitative estimate of drug-likeness (QED) is 0.909. The van der Waals surface area contributed by atoms with Crippen molar-refractivity contribution in [2.75, 3.05) is 12.3 Å². The maximum absolute atomic E-state index is 5.73. The first-order chi connectivity index (χ1) is 9.02. The number of anilines is 1. The van der Waals surface area contributed by atoms with Crippen molar-refractivity contribution in [2.24, 2.45) is 0 Å². The van der Waals surface area contributed by atoms with Crippen LogP contribution in [-0.2, 0) is 0 Å². The van der Waals surface area contributed by atoms with E-state index in [0.29, 0.717) is 17.7 Å². The summed E-state index contributed by atoms with van der Waals surface area (Å²) in [6, 6.07) is 4.28. The highest BCUT2D eigenvalue weighted by Crippen LogP contribution is 2.35. The van der Waals surface area contributed by atoms with Gasteiger partial charge in [0.05, 0.1) is 12.3 Å². The number of nitrogens with two attached hydrogens (primary N) is 1. The number of hydrogen-bond acceptors (Lipinski definition) is 4. The van der Waals surface area contributed by atoms with Gasteiger partial charge in [-0.3, -0.25) is 0 Å². The number of hydrogen-bond donors (Lipinski definition) is 1. The van der Waals surface area contributed by atoms with Crippen LogP contribution < -0.4 is 10.5 Å². The number of ether oxygens (including phenoxy) is 1. The van der Waals surface area contributed by atoms with Crippen molar-refractivity contribution >= 4 is 16.5 Å². The van der Waals surface area contributed by atoms with Gasteiger partial charge >= 0.3 is 0 Å². The van der Waals surface area contributed by atoms with Crippen molar-refractivity contribution in [3.63, 3.8) is 0 Å². The zero-order valence-electron chi connectivity index (χ0n) is 11.9. The largest absolute Gasteiger partial charge is 0.494 e. The van der Waals surface area contributed by atoms with Gasteiger partial charge in [0.25, 0.3) is 0 Å². The Morgan fingerprint density at radius 2 is 2.11 bits per heavy atom. The van der Waals surface area contributed by atoms with Crippen LogP contribution in [-0.4, -0.2) is 11.6 Å². The van der Waals surface area contributed by atoms with E-state index in [9.17, 15) is 0 Å². The Hall–Kier alpha value is -1.55. The Labute approximate surface area is 118 Å². The first-order valence-corrected chi connectivity index (χ1v) is 7.39. The summed E-state index contributed by atoms with van der Waals surface area (Å²) in [6.07, 6.45) is 0. The number of aryl methyl sites for hydroxylation is 1. The third-order valence-corrected chi connectivity index (χ3v) is 3.75. The van der Waals surface area contributed by atoms with Gasteiger partial charge < -0.3 is 10.5 Å². The predicted molar refractivity (Wildman–Crippen MR) is 82.0 cm³/mol. The molecule has 2 rings (SSSR count). The van der Waals surface area contributed by atoms with Crippen LogP contribution in [0.25, 0.3) is 11.3 Å². The highest BCUT2D eigenvalue weighted by Gasteiger charge is 2.14. The van der Waals surface area contributed by atoms with E-state index in [0.717, 1.165) is 22.6 Å². The van der Waals surface area contributed by atoms with E-state index in [1.165, 1.54) is 16.9 Å². The molecule has 0 bridgehead atoms. The van der Waals surface area contributed by atoms with Gasteiger partial charge in [0, 0.05) is 10.9 Å². The fourth-order valence-electron chi connectivity index (χ4n) is 2.12. The second kappa shape index (κ2) is 5.61. The molecule has 0 radical (unpaired) electrons. The lowest BCUT2D eigenvalue weighted by Crippen LogP contribution is -2.00. The van der Waals surface area contributed by atoms with Crippen LogP contribution in [0.1, 0.15) is 37.8 Å². The highest BCUT2D eigenvalue weighted by molar-refractivity contribution is 7.13. The maximum atomic E-state index is 5.73. The van der Waals surface area contributed by atoms with E-state index < -0.39 is 0 Å². The Morgan fingerprint density at radius 3 is 2.63 bits per heavy atom. The molecule has 1 aromatic carbocycles. The zero-order chi connectivity index (χ0) is 14.0. The van der Waals surface area contributed by atoms with Crippen molar-refractivity contribution in [2.45, 2.75) is 33.6 Å². The van der Waals surface area contributed by atoms with Gasteiger partial charge in [-0.1, -0.05) is 13.8 Å². The molecule has 0 amide bonds. The summed E-state index contributed by atoms with van der Waals surface area (Å²) in [6.45, 7) is 9.12. The third kappa shape index (κ3) is 2.89. The van der Waals surface area contributed by atoms with Gasteiger partial charge in [0.1, 0.15) is 5.75 Å². The number of nitrogen functional groups attached to an aromatic ring is 1. The Balaban J connectivity index is 2.54. The molecule has 19 heavy (non-hydrogen) atoms. The predicted octanol–water partition coefficient (Wildman–Crippen LogP) is 4.22. The fourth-order valence-corrected chi connectivity index (χ4v) is 2.68. The minimum Gasteiger partial charge on any atom is -0.494 e. The molecule has 2 aromatic rings. The van der Waals surface area contributed by atoms with Crippen molar-refractivity contribution in [1.29, 1.82) is 0 Å². The van der Waals surface area contributed by atoms with E-state index >= 15 is 0 Å². The lowest BCUT2D eigenvalue weighted by molar-refractivity contribution is 0.335. The summed E-state index contributed by atoms with van der Waals surface area (Å²) in [5.74, 6) is 1.39. The molecule has 0 saturated carbocycles. The summed E-state index contributed by atoms with van der Waals surface area (Å²) in [7, 11) is 0. The van der Waals surface area contributed by atoms with Crippen molar-refractivity contribution in [3.05, 3.63) is 28.6 Å². The molecule has 4 heteroatoms. The van der Waals surface area contributed by atoms with Crippen molar-refractivity contribution in [3.8, 4) is 17.0 Å². The van der Waals surface area contributed by atoms with E-state index in [1.807, 2.05) is 12.3 Å². The van der Waals surface area contributed by atoms with Crippen LogP contribution in [0, 0.1) is 6.92 Å². The van der Waals surface area contributed by atoms with Crippen LogP contribution in [0.5, 0.6) is 5.75 Å². The van der Waals surface area contributed by atoms with E-state index in [1.54, 1.807) is 0 Å². The molecular formula is C15H20N2OS. The molecule has 3 nitrogen and oxygen atoms in total. The van der Waals surface area contributed by atoms with E-state index in [-0.39, 0.29) is 0 Å². The van der Waals surface area contributed by atoms with Crippen LogP contribution >= 0.6 is 11.3 Å². The molecule has 0 fully saturated rings. The molecule has 0 saturated heterocycles. The summed E-state index contributed by atoms with van der Waals surface area (Å²) in [4.78, 5) is 4.37. The fraction of sp³-hybridized carbons (Fsp3) is 0.400. The van der Waals surface area contributed by atoms with Crippen LogP contribution in [0.3, 0.4) is 0 Å². The standard InChI is InChI=1S/C15H20N2OS/c1-5-18-14-6-10(4)12(7-11(14)9(2)3)13-8-19-15(16)17-13/h6-9H,5H2,1-4H3,(H2,16,17). The monoisotopic (exact) mass is 276 g/mol. The van der Waals surface area contributed by atoms with Gasteiger partial charge in [0.2, 0.25) is 0 Å². The first kappa shape index (κ1) is 13.9.